The van der Waals surface area contributed by atoms with Gasteiger partial charge in [0.15, 0.2) is 11.0 Å². The number of aromatic nitrogens is 2. The van der Waals surface area contributed by atoms with Gasteiger partial charge in [-0.1, -0.05) is 11.6 Å². The highest BCUT2D eigenvalue weighted by Gasteiger charge is 2.38. The molecule has 1 aromatic rings. The predicted octanol–water partition coefficient (Wildman–Crippen LogP) is 2.25. The van der Waals surface area contributed by atoms with Crippen molar-refractivity contribution >= 4 is 23.5 Å². The molecule has 3 heterocycles. The molecule has 1 saturated heterocycles. The van der Waals surface area contributed by atoms with Crippen molar-refractivity contribution in [2.75, 3.05) is 24.5 Å². The fraction of sp³-hybridized carbons (Fsp3) is 0.706. The van der Waals surface area contributed by atoms with Crippen LogP contribution in [0.1, 0.15) is 39.2 Å². The maximum absolute atomic E-state index is 12.4. The lowest BCUT2D eigenvalue weighted by Gasteiger charge is -2.44. The molecule has 0 spiro atoms. The second-order valence-electron chi connectivity index (χ2n) is 7.66. The Bertz CT molecular complexity index is 649. The molecule has 2 aliphatic heterocycles. The molecule has 0 bridgehead atoms. The first-order chi connectivity index (χ1) is 11.7. The summed E-state index contributed by atoms with van der Waals surface area (Å²) in [5.41, 5.74) is 0.496. The summed E-state index contributed by atoms with van der Waals surface area (Å²) in [7, 11) is 0. The third kappa shape index (κ3) is 4.15. The third-order valence-electron chi connectivity index (χ3n) is 4.54. The van der Waals surface area contributed by atoms with Crippen molar-refractivity contribution < 1.29 is 14.6 Å². The number of carbonyl (C=O) groups excluding carboxylic acids is 1. The van der Waals surface area contributed by atoms with Crippen LogP contribution in [-0.4, -0.2) is 63.7 Å². The van der Waals surface area contributed by atoms with E-state index >= 15 is 0 Å². The smallest absolute Gasteiger partial charge is 0.410 e. The van der Waals surface area contributed by atoms with Crippen LogP contribution in [0.5, 0.6) is 0 Å². The average molecular weight is 369 g/mol. The fourth-order valence-electron chi connectivity index (χ4n) is 3.41. The van der Waals surface area contributed by atoms with Crippen LogP contribution in [-0.2, 0) is 11.2 Å². The number of anilines is 1. The Morgan fingerprint density at radius 2 is 2.12 bits per heavy atom. The Balaban J connectivity index is 1.79. The Morgan fingerprint density at radius 3 is 2.84 bits per heavy atom. The van der Waals surface area contributed by atoms with E-state index in [9.17, 15) is 9.90 Å². The fourth-order valence-corrected chi connectivity index (χ4v) is 3.58. The summed E-state index contributed by atoms with van der Waals surface area (Å²) in [5.74, 6) is 0.755. The number of aryl methyl sites for hydroxylation is 1. The first-order valence-electron chi connectivity index (χ1n) is 8.69. The van der Waals surface area contributed by atoms with E-state index in [1.165, 1.54) is 0 Å². The van der Waals surface area contributed by atoms with Crippen LogP contribution >= 0.6 is 11.6 Å². The number of piperidine rings is 1. The molecule has 0 saturated carbocycles. The molecular weight excluding hydrogens is 344 g/mol. The lowest BCUT2D eigenvalue weighted by molar-refractivity contribution is 0.00377. The lowest BCUT2D eigenvalue weighted by Crippen LogP contribution is -2.58. The number of aliphatic hydroxyl groups excluding tert-OH is 1. The van der Waals surface area contributed by atoms with Crippen LogP contribution in [0.4, 0.5) is 10.6 Å². The van der Waals surface area contributed by atoms with Crippen molar-refractivity contribution in [3.63, 3.8) is 0 Å². The highest BCUT2D eigenvalue weighted by Crippen LogP contribution is 2.30. The normalized spacial score (nSPS) is 24.0. The van der Waals surface area contributed by atoms with E-state index in [0.29, 0.717) is 24.7 Å². The Morgan fingerprint density at radius 1 is 1.36 bits per heavy atom. The monoisotopic (exact) mass is 368 g/mol. The number of nitrogens with zero attached hydrogens (tertiary/aromatic N) is 4. The summed E-state index contributed by atoms with van der Waals surface area (Å²) in [6.07, 6.45) is 1.48. The van der Waals surface area contributed by atoms with Gasteiger partial charge in [-0.3, -0.25) is 0 Å². The number of likely N-dealkylation sites (tertiary alicyclic amines) is 1. The van der Waals surface area contributed by atoms with Gasteiger partial charge in [0.05, 0.1) is 12.1 Å². The molecule has 1 aromatic heterocycles. The molecule has 25 heavy (non-hydrogen) atoms. The topological polar surface area (TPSA) is 78.8 Å². The Hall–Kier alpha value is -1.60. The molecular formula is C17H25ClN4O3. The minimum absolute atomic E-state index is 0.226. The molecule has 0 radical (unpaired) electrons. The van der Waals surface area contributed by atoms with Crippen molar-refractivity contribution in [3.8, 4) is 0 Å². The van der Waals surface area contributed by atoms with Crippen molar-refractivity contribution in [1.82, 2.24) is 15.1 Å². The number of aliphatic hydroxyl groups is 1. The van der Waals surface area contributed by atoms with Gasteiger partial charge < -0.3 is 19.6 Å². The quantitative estimate of drug-likeness (QED) is 0.819. The molecule has 1 fully saturated rings. The van der Waals surface area contributed by atoms with Crippen LogP contribution in [0.25, 0.3) is 0 Å². The van der Waals surface area contributed by atoms with E-state index < -0.39 is 11.7 Å². The zero-order valence-corrected chi connectivity index (χ0v) is 15.7. The standard InChI is InChI=1S/C17H25ClN4O3/c1-17(2,3)25-16(24)21-8-6-13(23)12(10-21)22-7-4-5-11-9-14(18)19-20-15(11)22/h9,12-13,23H,4-8,10H2,1-3H3/t12-,13+/m0/s1. The van der Waals surface area contributed by atoms with Gasteiger partial charge in [0.1, 0.15) is 5.60 Å². The Kier molecular flexibility index (Phi) is 5.06. The molecule has 2 atom stereocenters. The molecule has 8 heteroatoms. The van der Waals surface area contributed by atoms with Crippen molar-refractivity contribution in [2.24, 2.45) is 0 Å². The number of hydrogen-bond acceptors (Lipinski definition) is 6. The third-order valence-corrected chi connectivity index (χ3v) is 4.72. The number of carbonyl (C=O) groups is 1. The summed E-state index contributed by atoms with van der Waals surface area (Å²) in [5, 5.41) is 19.1. The first-order valence-corrected chi connectivity index (χ1v) is 9.07. The van der Waals surface area contributed by atoms with E-state index in [1.807, 2.05) is 26.8 Å². The molecule has 3 rings (SSSR count). The van der Waals surface area contributed by atoms with Crippen LogP contribution in [0, 0.1) is 0 Å². The van der Waals surface area contributed by atoms with Crippen LogP contribution < -0.4 is 4.90 Å². The van der Waals surface area contributed by atoms with Gasteiger partial charge in [0.2, 0.25) is 0 Å². The molecule has 0 aromatic carbocycles. The minimum Gasteiger partial charge on any atom is -0.444 e. The van der Waals surface area contributed by atoms with Gasteiger partial charge in [-0.2, -0.15) is 0 Å². The number of rotatable bonds is 1. The summed E-state index contributed by atoms with van der Waals surface area (Å²) in [4.78, 5) is 16.1. The van der Waals surface area contributed by atoms with E-state index in [-0.39, 0.29) is 12.1 Å². The van der Waals surface area contributed by atoms with Gasteiger partial charge in [-0.25, -0.2) is 4.79 Å². The first kappa shape index (κ1) is 18.2. The summed E-state index contributed by atoms with van der Waals surface area (Å²) in [6, 6.07) is 1.60. The number of fused-ring (bicyclic) bond motifs is 1. The van der Waals surface area contributed by atoms with E-state index in [2.05, 4.69) is 15.1 Å². The van der Waals surface area contributed by atoms with Gasteiger partial charge in [0, 0.05) is 19.6 Å². The SMILES string of the molecule is CC(C)(C)OC(=O)N1CC[C@@H](O)[C@@H](N2CCCc3cc(Cl)nnc32)C1. The molecule has 0 unspecified atom stereocenters. The molecule has 1 amide bonds. The van der Waals surface area contributed by atoms with Crippen LogP contribution in [0.2, 0.25) is 5.15 Å². The zero-order chi connectivity index (χ0) is 18.2. The van der Waals surface area contributed by atoms with Crippen molar-refractivity contribution in [3.05, 3.63) is 16.8 Å². The molecule has 2 aliphatic rings. The maximum Gasteiger partial charge on any atom is 0.410 e. The van der Waals surface area contributed by atoms with Gasteiger partial charge in [-0.15, -0.1) is 10.2 Å². The van der Waals surface area contributed by atoms with Crippen molar-refractivity contribution in [2.45, 2.75) is 57.8 Å². The van der Waals surface area contributed by atoms with Crippen LogP contribution in [0.3, 0.4) is 0 Å². The zero-order valence-electron chi connectivity index (χ0n) is 14.9. The largest absolute Gasteiger partial charge is 0.444 e. The minimum atomic E-state index is -0.539. The second kappa shape index (κ2) is 6.96. The summed E-state index contributed by atoms with van der Waals surface area (Å²) in [6.45, 7) is 7.21. The molecule has 138 valence electrons. The van der Waals surface area contributed by atoms with E-state index in [4.69, 9.17) is 16.3 Å². The molecule has 1 N–H and O–H groups in total. The molecule has 7 nitrogen and oxygen atoms in total. The lowest BCUT2D eigenvalue weighted by atomic mass is 9.97. The summed E-state index contributed by atoms with van der Waals surface area (Å²) < 4.78 is 5.47. The number of halogens is 1. The number of amides is 1. The maximum atomic E-state index is 12.4. The van der Waals surface area contributed by atoms with E-state index in [0.717, 1.165) is 30.8 Å². The highest BCUT2D eigenvalue weighted by atomic mass is 35.5. The van der Waals surface area contributed by atoms with E-state index in [1.54, 1.807) is 4.90 Å². The second-order valence-corrected chi connectivity index (χ2v) is 8.05. The summed E-state index contributed by atoms with van der Waals surface area (Å²) >= 11 is 5.95. The number of ether oxygens (including phenoxy) is 1. The van der Waals surface area contributed by atoms with Crippen LogP contribution in [0.15, 0.2) is 6.07 Å². The number of hydrogen-bond donors (Lipinski definition) is 1. The van der Waals surface area contributed by atoms with Gasteiger partial charge in [-0.05, 0) is 51.7 Å². The van der Waals surface area contributed by atoms with Gasteiger partial charge in [0.25, 0.3) is 0 Å². The molecule has 0 aliphatic carbocycles. The average Bonchev–Trinajstić information content (AvgIpc) is 2.53. The van der Waals surface area contributed by atoms with Gasteiger partial charge >= 0.3 is 6.09 Å². The van der Waals surface area contributed by atoms with Crippen molar-refractivity contribution in [1.29, 1.82) is 0 Å². The predicted molar refractivity (Wildman–Crippen MR) is 94.9 cm³/mol. The highest BCUT2D eigenvalue weighted by molar-refractivity contribution is 6.29. The Labute approximate surface area is 152 Å².